The van der Waals surface area contributed by atoms with Crippen molar-refractivity contribution in [1.82, 2.24) is 5.32 Å². The largest absolute Gasteiger partial charge is 0.427 e. The highest BCUT2D eigenvalue weighted by molar-refractivity contribution is 6.30. The predicted molar refractivity (Wildman–Crippen MR) is 124 cm³/mol. The van der Waals surface area contributed by atoms with Crippen LogP contribution in [0.25, 0.3) is 6.08 Å². The molecule has 7 heteroatoms. The Morgan fingerprint density at radius 3 is 2.47 bits per heavy atom. The fourth-order valence-corrected chi connectivity index (χ4v) is 2.97. The first-order valence-corrected chi connectivity index (χ1v) is 10.2. The lowest BCUT2D eigenvalue weighted by atomic mass is 10.1. The molecule has 3 aromatic rings. The number of ether oxygens (including phenoxy) is 1. The third-order valence-corrected chi connectivity index (χ3v) is 4.63. The zero-order valence-electron chi connectivity index (χ0n) is 17.3. The van der Waals surface area contributed by atoms with Gasteiger partial charge in [-0.1, -0.05) is 48.0 Å². The summed E-state index contributed by atoms with van der Waals surface area (Å²) in [4.78, 5) is 36.0. The molecule has 0 unspecified atom stereocenters. The molecule has 0 saturated heterocycles. The molecule has 0 fully saturated rings. The van der Waals surface area contributed by atoms with Gasteiger partial charge in [-0.2, -0.15) is 0 Å². The van der Waals surface area contributed by atoms with Crippen LogP contribution in [0.1, 0.15) is 28.4 Å². The third kappa shape index (κ3) is 6.82. The summed E-state index contributed by atoms with van der Waals surface area (Å²) >= 11 is 5.86. The van der Waals surface area contributed by atoms with E-state index in [2.05, 4.69) is 10.6 Å². The first-order chi connectivity index (χ1) is 15.4. The molecule has 0 heterocycles. The van der Waals surface area contributed by atoms with Crippen molar-refractivity contribution in [1.29, 1.82) is 0 Å². The SMILES string of the molecule is CC(=O)Oc1cccc(C(=O)Nc2ccccc2CNC(=O)/C=C/c2ccc(Cl)cc2)c1. The number of halogens is 1. The molecule has 0 aromatic heterocycles. The van der Waals surface area contributed by atoms with Crippen molar-refractivity contribution in [3.8, 4) is 5.75 Å². The number of hydrogen-bond acceptors (Lipinski definition) is 4. The molecule has 0 aliphatic rings. The molecule has 3 aromatic carbocycles. The number of hydrogen-bond donors (Lipinski definition) is 2. The summed E-state index contributed by atoms with van der Waals surface area (Å²) < 4.78 is 5.03. The first-order valence-electron chi connectivity index (χ1n) is 9.80. The number of benzene rings is 3. The second-order valence-electron chi connectivity index (χ2n) is 6.84. The Hall–Kier alpha value is -3.90. The number of nitrogens with one attached hydrogen (secondary N) is 2. The van der Waals surface area contributed by atoms with Crippen LogP contribution in [0.5, 0.6) is 5.75 Å². The van der Waals surface area contributed by atoms with Crippen LogP contribution in [-0.2, 0) is 16.1 Å². The van der Waals surface area contributed by atoms with Crippen LogP contribution in [0.3, 0.4) is 0 Å². The average Bonchev–Trinajstić information content (AvgIpc) is 2.78. The van der Waals surface area contributed by atoms with Crippen molar-refractivity contribution in [2.24, 2.45) is 0 Å². The summed E-state index contributed by atoms with van der Waals surface area (Å²) in [5.41, 5.74) is 2.50. The van der Waals surface area contributed by atoms with Gasteiger partial charge in [0.1, 0.15) is 5.75 Å². The van der Waals surface area contributed by atoms with Crippen LogP contribution in [0.4, 0.5) is 5.69 Å². The van der Waals surface area contributed by atoms with Crippen molar-refractivity contribution in [2.75, 3.05) is 5.32 Å². The average molecular weight is 449 g/mol. The topological polar surface area (TPSA) is 84.5 Å². The minimum absolute atomic E-state index is 0.230. The molecule has 2 amide bonds. The van der Waals surface area contributed by atoms with Gasteiger partial charge < -0.3 is 15.4 Å². The molecule has 0 aliphatic carbocycles. The van der Waals surface area contributed by atoms with Crippen LogP contribution in [0.15, 0.2) is 78.9 Å². The van der Waals surface area contributed by atoms with E-state index in [-0.39, 0.29) is 24.1 Å². The molecule has 0 aliphatic heterocycles. The minimum Gasteiger partial charge on any atom is -0.427 e. The van der Waals surface area contributed by atoms with E-state index in [0.29, 0.717) is 16.3 Å². The molecular weight excluding hydrogens is 428 g/mol. The van der Waals surface area contributed by atoms with Gasteiger partial charge in [0.25, 0.3) is 5.91 Å². The number of rotatable bonds is 7. The van der Waals surface area contributed by atoms with Gasteiger partial charge in [-0.3, -0.25) is 14.4 Å². The number of carbonyl (C=O) groups is 3. The summed E-state index contributed by atoms with van der Waals surface area (Å²) in [7, 11) is 0. The molecule has 162 valence electrons. The smallest absolute Gasteiger partial charge is 0.308 e. The standard InChI is InChI=1S/C25H21ClN2O4/c1-17(29)32-22-7-4-6-19(15-22)25(31)28-23-8-3-2-5-20(23)16-27-24(30)14-11-18-9-12-21(26)13-10-18/h2-15H,16H2,1H3,(H,27,30)(H,28,31)/b14-11+. The van der Waals surface area contributed by atoms with Crippen molar-refractivity contribution in [3.63, 3.8) is 0 Å². The monoisotopic (exact) mass is 448 g/mol. The van der Waals surface area contributed by atoms with Crippen molar-refractivity contribution < 1.29 is 19.1 Å². The predicted octanol–water partition coefficient (Wildman–Crippen LogP) is 4.85. The molecule has 0 radical (unpaired) electrons. The third-order valence-electron chi connectivity index (χ3n) is 4.37. The summed E-state index contributed by atoms with van der Waals surface area (Å²) in [5, 5.41) is 6.27. The van der Waals surface area contributed by atoms with E-state index >= 15 is 0 Å². The van der Waals surface area contributed by atoms with Gasteiger partial charge in [-0.25, -0.2) is 0 Å². The zero-order chi connectivity index (χ0) is 22.9. The lowest BCUT2D eigenvalue weighted by Gasteiger charge is -2.12. The van der Waals surface area contributed by atoms with E-state index in [1.165, 1.54) is 19.1 Å². The lowest BCUT2D eigenvalue weighted by Crippen LogP contribution is -2.22. The maximum absolute atomic E-state index is 12.7. The Morgan fingerprint density at radius 1 is 0.969 bits per heavy atom. The molecule has 0 bridgehead atoms. The number of esters is 1. The van der Waals surface area contributed by atoms with E-state index in [4.69, 9.17) is 16.3 Å². The molecule has 32 heavy (non-hydrogen) atoms. The van der Waals surface area contributed by atoms with Gasteiger partial charge in [0, 0.05) is 35.8 Å². The van der Waals surface area contributed by atoms with Gasteiger partial charge in [0.15, 0.2) is 0 Å². The molecule has 0 saturated carbocycles. The molecule has 2 N–H and O–H groups in total. The highest BCUT2D eigenvalue weighted by Crippen LogP contribution is 2.19. The minimum atomic E-state index is -0.464. The van der Waals surface area contributed by atoms with E-state index in [0.717, 1.165) is 11.1 Å². The summed E-state index contributed by atoms with van der Waals surface area (Å²) in [6, 6.07) is 20.6. The van der Waals surface area contributed by atoms with Crippen LogP contribution in [-0.4, -0.2) is 17.8 Å². The van der Waals surface area contributed by atoms with Gasteiger partial charge in [-0.05, 0) is 53.6 Å². The van der Waals surface area contributed by atoms with Crippen molar-refractivity contribution in [2.45, 2.75) is 13.5 Å². The Bertz CT molecular complexity index is 1160. The number of carbonyl (C=O) groups excluding carboxylic acids is 3. The maximum Gasteiger partial charge on any atom is 0.308 e. The van der Waals surface area contributed by atoms with Crippen molar-refractivity contribution >= 4 is 41.1 Å². The number of anilines is 1. The lowest BCUT2D eigenvalue weighted by molar-refractivity contribution is -0.131. The number of amides is 2. The van der Waals surface area contributed by atoms with Gasteiger partial charge in [0.2, 0.25) is 5.91 Å². The Labute approximate surface area is 190 Å². The van der Waals surface area contributed by atoms with E-state index in [9.17, 15) is 14.4 Å². The molecular formula is C25H21ClN2O4. The normalized spacial score (nSPS) is 10.6. The Kier molecular flexibility index (Phi) is 7.78. The Morgan fingerprint density at radius 2 is 1.72 bits per heavy atom. The zero-order valence-corrected chi connectivity index (χ0v) is 18.1. The fraction of sp³-hybridized carbons (Fsp3) is 0.0800. The molecule has 0 atom stereocenters. The molecule has 3 rings (SSSR count). The van der Waals surface area contributed by atoms with Crippen LogP contribution < -0.4 is 15.4 Å². The summed E-state index contributed by atoms with van der Waals surface area (Å²) in [6.45, 7) is 1.52. The van der Waals surface area contributed by atoms with Gasteiger partial charge in [0.05, 0.1) is 0 Å². The first kappa shape index (κ1) is 22.8. The van der Waals surface area contributed by atoms with E-state index < -0.39 is 5.97 Å². The van der Waals surface area contributed by atoms with Gasteiger partial charge >= 0.3 is 5.97 Å². The van der Waals surface area contributed by atoms with E-state index in [1.807, 2.05) is 24.3 Å². The summed E-state index contributed by atoms with van der Waals surface area (Å²) in [6.07, 6.45) is 3.13. The molecule has 0 spiro atoms. The van der Waals surface area contributed by atoms with E-state index in [1.54, 1.807) is 48.5 Å². The van der Waals surface area contributed by atoms with Crippen molar-refractivity contribution in [3.05, 3.63) is 101 Å². The second kappa shape index (κ2) is 10.9. The Balaban J connectivity index is 1.63. The van der Waals surface area contributed by atoms with Crippen LogP contribution in [0.2, 0.25) is 5.02 Å². The number of para-hydroxylation sites is 1. The van der Waals surface area contributed by atoms with Crippen LogP contribution in [0, 0.1) is 0 Å². The van der Waals surface area contributed by atoms with Gasteiger partial charge in [-0.15, -0.1) is 0 Å². The highest BCUT2D eigenvalue weighted by atomic mass is 35.5. The highest BCUT2D eigenvalue weighted by Gasteiger charge is 2.11. The molecule has 6 nitrogen and oxygen atoms in total. The summed E-state index contributed by atoms with van der Waals surface area (Å²) in [5.74, 6) is -0.803. The van der Waals surface area contributed by atoms with Crippen LogP contribution >= 0.6 is 11.6 Å². The second-order valence-corrected chi connectivity index (χ2v) is 7.27. The quantitative estimate of drug-likeness (QED) is 0.307. The fourth-order valence-electron chi connectivity index (χ4n) is 2.84. The maximum atomic E-state index is 12.7.